The lowest BCUT2D eigenvalue weighted by molar-refractivity contribution is -0.384. The summed E-state index contributed by atoms with van der Waals surface area (Å²) in [4.78, 5) is 36.6. The molecular weight excluding hydrogens is 393 g/mol. The van der Waals surface area contributed by atoms with E-state index in [0.29, 0.717) is 31.5 Å². The van der Waals surface area contributed by atoms with Crippen LogP contribution in [0.4, 0.5) is 24.5 Å². The Morgan fingerprint density at radius 2 is 2.00 bits per heavy atom. The summed E-state index contributed by atoms with van der Waals surface area (Å²) in [6, 6.07) is 1.18. The van der Waals surface area contributed by atoms with Crippen molar-refractivity contribution >= 4 is 23.2 Å². The normalized spacial score (nSPS) is 15.9. The third kappa shape index (κ3) is 5.81. The first-order valence-corrected chi connectivity index (χ1v) is 9.21. The molecule has 1 fully saturated rings. The lowest BCUT2D eigenvalue weighted by Crippen LogP contribution is -2.52. The maximum absolute atomic E-state index is 12.8. The van der Waals surface area contributed by atoms with Crippen LogP contribution in [0.5, 0.6) is 0 Å². The lowest BCUT2D eigenvalue weighted by atomic mass is 9.99. The van der Waals surface area contributed by atoms with Gasteiger partial charge in [0.05, 0.1) is 10.5 Å². The second-order valence-electron chi connectivity index (χ2n) is 7.29. The largest absolute Gasteiger partial charge is 0.416 e. The molecule has 0 spiro atoms. The Morgan fingerprint density at radius 1 is 1.31 bits per heavy atom. The number of rotatable bonds is 7. The van der Waals surface area contributed by atoms with Gasteiger partial charge in [0, 0.05) is 19.0 Å². The number of likely N-dealkylation sites (tertiary alicyclic amines) is 1. The van der Waals surface area contributed by atoms with Crippen molar-refractivity contribution < 1.29 is 27.7 Å². The van der Waals surface area contributed by atoms with Crippen molar-refractivity contribution in [1.82, 2.24) is 10.3 Å². The summed E-state index contributed by atoms with van der Waals surface area (Å²) in [5, 5.41) is 11.1. The van der Waals surface area contributed by atoms with Crippen LogP contribution >= 0.6 is 0 Å². The smallest absolute Gasteiger partial charge is 0.331 e. The van der Waals surface area contributed by atoms with Crippen molar-refractivity contribution in [3.8, 4) is 0 Å². The van der Waals surface area contributed by atoms with Gasteiger partial charge in [-0.05, 0) is 37.3 Å². The number of halogens is 3. The fraction of sp³-hybridized carbons (Fsp3) is 0.556. The van der Waals surface area contributed by atoms with Gasteiger partial charge in [-0.3, -0.25) is 30.6 Å². The topological polar surface area (TPSA) is 105 Å². The summed E-state index contributed by atoms with van der Waals surface area (Å²) in [5.74, 6) is -0.624. The number of piperidine rings is 1. The van der Waals surface area contributed by atoms with Gasteiger partial charge in [0.25, 0.3) is 11.6 Å². The number of amides is 2. The van der Waals surface area contributed by atoms with Crippen molar-refractivity contribution in [1.29, 1.82) is 0 Å². The number of benzene rings is 1. The number of nitro groups is 1. The number of nitro benzene ring substituents is 1. The van der Waals surface area contributed by atoms with E-state index in [1.54, 1.807) is 0 Å². The van der Waals surface area contributed by atoms with Gasteiger partial charge in [-0.2, -0.15) is 13.2 Å². The van der Waals surface area contributed by atoms with E-state index in [2.05, 4.69) is 10.9 Å². The van der Waals surface area contributed by atoms with Gasteiger partial charge in [0.15, 0.2) is 0 Å². The van der Waals surface area contributed by atoms with E-state index in [1.807, 2.05) is 13.8 Å². The van der Waals surface area contributed by atoms with Crippen molar-refractivity contribution in [3.05, 3.63) is 33.9 Å². The summed E-state index contributed by atoms with van der Waals surface area (Å²) in [5.41, 5.74) is 2.36. The molecule has 1 unspecified atom stereocenters. The molecule has 2 N–H and O–H groups in total. The minimum Gasteiger partial charge on any atom is -0.331 e. The molecule has 1 aromatic carbocycles. The number of hydrogen-bond acceptors (Lipinski definition) is 5. The van der Waals surface area contributed by atoms with Gasteiger partial charge in [-0.15, -0.1) is 0 Å². The second-order valence-corrected chi connectivity index (χ2v) is 7.29. The number of hydrazine groups is 1. The average Bonchev–Trinajstić information content (AvgIpc) is 2.63. The first kappa shape index (κ1) is 22.4. The molecule has 8 nitrogen and oxygen atoms in total. The van der Waals surface area contributed by atoms with E-state index < -0.39 is 34.3 Å². The van der Waals surface area contributed by atoms with Crippen LogP contribution in [-0.4, -0.2) is 34.2 Å². The Hall–Kier alpha value is -2.85. The van der Waals surface area contributed by atoms with Crippen LogP contribution in [0.15, 0.2) is 18.2 Å². The summed E-state index contributed by atoms with van der Waals surface area (Å²) in [6.45, 7) is 4.22. The van der Waals surface area contributed by atoms with Crippen molar-refractivity contribution in [2.75, 3.05) is 12.0 Å². The van der Waals surface area contributed by atoms with E-state index in [-0.39, 0.29) is 17.5 Å². The van der Waals surface area contributed by atoms with Crippen molar-refractivity contribution in [2.45, 2.75) is 51.7 Å². The summed E-state index contributed by atoms with van der Waals surface area (Å²) < 4.78 is 38.4. The van der Waals surface area contributed by atoms with Crippen LogP contribution in [-0.2, 0) is 15.8 Å². The molecule has 0 aliphatic carbocycles. The molecule has 160 valence electrons. The third-order valence-electron chi connectivity index (χ3n) is 4.58. The minimum absolute atomic E-state index is 0.0980. The Bertz CT molecular complexity index is 783. The lowest BCUT2D eigenvalue weighted by Gasteiger charge is -2.34. The third-order valence-corrected chi connectivity index (χ3v) is 4.58. The maximum atomic E-state index is 12.8. The van der Waals surface area contributed by atoms with Crippen molar-refractivity contribution in [2.24, 2.45) is 5.92 Å². The molecule has 2 amide bonds. The molecule has 29 heavy (non-hydrogen) atoms. The first-order valence-electron chi connectivity index (χ1n) is 9.21. The number of nitrogens with zero attached hydrogens (tertiary/aromatic N) is 2. The summed E-state index contributed by atoms with van der Waals surface area (Å²) >= 11 is 0. The highest BCUT2D eigenvalue weighted by Gasteiger charge is 2.34. The van der Waals surface area contributed by atoms with E-state index in [9.17, 15) is 32.9 Å². The van der Waals surface area contributed by atoms with Crippen molar-refractivity contribution in [3.63, 3.8) is 0 Å². The molecule has 2 rings (SSSR count). The Kier molecular flexibility index (Phi) is 7.04. The number of anilines is 1. The molecule has 11 heteroatoms. The van der Waals surface area contributed by atoms with Crippen LogP contribution in [0.1, 0.15) is 45.1 Å². The molecule has 1 aliphatic heterocycles. The van der Waals surface area contributed by atoms with Gasteiger partial charge in [0.1, 0.15) is 11.7 Å². The highest BCUT2D eigenvalue weighted by atomic mass is 19.4. The Morgan fingerprint density at radius 3 is 2.55 bits per heavy atom. The average molecular weight is 416 g/mol. The van der Waals surface area contributed by atoms with Gasteiger partial charge in [-0.1, -0.05) is 13.8 Å². The van der Waals surface area contributed by atoms with Crippen LogP contribution in [0.3, 0.4) is 0 Å². The van der Waals surface area contributed by atoms with Gasteiger partial charge in [-0.25, -0.2) is 0 Å². The Balaban J connectivity index is 2.18. The predicted molar refractivity (Wildman–Crippen MR) is 98.7 cm³/mol. The zero-order valence-electron chi connectivity index (χ0n) is 16.1. The second kappa shape index (κ2) is 9.10. The summed E-state index contributed by atoms with van der Waals surface area (Å²) in [6.07, 6.45) is -2.48. The standard InChI is InChI=1S/C18H23F3N4O4/c1-11(2)9-15(24-8-4-3-5-16(24)26)17(27)23-22-13-7-6-12(18(19,20)21)10-14(13)25(28)29/h6-7,10-11,15,22H,3-5,8-9H2,1-2H3,(H,23,27). The molecule has 1 aliphatic rings. The molecule has 0 radical (unpaired) electrons. The zero-order valence-corrected chi connectivity index (χ0v) is 16.1. The van der Waals surface area contributed by atoms with E-state index >= 15 is 0 Å². The molecule has 0 bridgehead atoms. The molecule has 0 aromatic heterocycles. The molecule has 1 atom stereocenters. The zero-order chi connectivity index (χ0) is 21.8. The molecule has 1 aromatic rings. The van der Waals surface area contributed by atoms with E-state index in [1.165, 1.54) is 4.90 Å². The number of carbonyl (C=O) groups is 2. The fourth-order valence-corrected chi connectivity index (χ4v) is 3.16. The SMILES string of the molecule is CC(C)CC(C(=O)NNc1ccc(C(F)(F)F)cc1[N+](=O)[O-])N1CCCCC1=O. The number of nitrogens with one attached hydrogen (secondary N) is 2. The first-order chi connectivity index (χ1) is 13.5. The predicted octanol–water partition coefficient (Wildman–Crippen LogP) is 3.48. The Labute approximate surface area is 165 Å². The van der Waals surface area contributed by atoms with E-state index in [4.69, 9.17) is 0 Å². The maximum Gasteiger partial charge on any atom is 0.416 e. The quantitative estimate of drug-likeness (QED) is 0.523. The van der Waals surface area contributed by atoms with Crippen LogP contribution in [0, 0.1) is 16.0 Å². The van der Waals surface area contributed by atoms with Gasteiger partial charge < -0.3 is 4.90 Å². The monoisotopic (exact) mass is 416 g/mol. The molecule has 1 heterocycles. The number of alkyl halides is 3. The highest BCUT2D eigenvalue weighted by molar-refractivity contribution is 5.89. The minimum atomic E-state index is -4.73. The highest BCUT2D eigenvalue weighted by Crippen LogP contribution is 2.34. The molecule has 1 saturated heterocycles. The summed E-state index contributed by atoms with van der Waals surface area (Å²) in [7, 11) is 0. The van der Waals surface area contributed by atoms with Crippen LogP contribution in [0.2, 0.25) is 0 Å². The van der Waals surface area contributed by atoms with Crippen LogP contribution in [0.25, 0.3) is 0 Å². The molecular formula is C18H23F3N4O4. The molecule has 0 saturated carbocycles. The number of carbonyl (C=O) groups excluding carboxylic acids is 2. The van der Waals surface area contributed by atoms with Gasteiger partial charge >= 0.3 is 6.18 Å². The fourth-order valence-electron chi connectivity index (χ4n) is 3.16. The van der Waals surface area contributed by atoms with Crippen LogP contribution < -0.4 is 10.9 Å². The van der Waals surface area contributed by atoms with E-state index in [0.717, 1.165) is 18.9 Å². The van der Waals surface area contributed by atoms with Gasteiger partial charge in [0.2, 0.25) is 5.91 Å². The number of hydrogen-bond donors (Lipinski definition) is 2.